The van der Waals surface area contributed by atoms with E-state index in [2.05, 4.69) is 13.2 Å². The van der Waals surface area contributed by atoms with Crippen LogP contribution in [0.2, 0.25) is 0 Å². The van der Waals surface area contributed by atoms with Crippen LogP contribution in [0.3, 0.4) is 0 Å². The van der Waals surface area contributed by atoms with E-state index in [9.17, 15) is 19.5 Å². The zero-order valence-electron chi connectivity index (χ0n) is 24.5. The Morgan fingerprint density at radius 1 is 1.05 bits per heavy atom. The molecule has 8 nitrogen and oxygen atoms in total. The number of carbonyl (C=O) groups excluding carboxylic acids is 3. The molecule has 2 aromatic rings. The number of carbonyl (C=O) groups is 3. The van der Waals surface area contributed by atoms with E-state index < -0.39 is 35.6 Å². The second kappa shape index (κ2) is 12.2. The molecule has 3 saturated heterocycles. The highest BCUT2D eigenvalue weighted by Gasteiger charge is 2.75. The molecule has 1 spiro atoms. The summed E-state index contributed by atoms with van der Waals surface area (Å²) < 4.78 is 6.68. The first kappa shape index (κ1) is 29.7. The van der Waals surface area contributed by atoms with Crippen LogP contribution in [-0.2, 0) is 25.7 Å². The Kier molecular flexibility index (Phi) is 8.66. The van der Waals surface area contributed by atoms with Crippen molar-refractivity contribution >= 4 is 23.4 Å². The Hall–Kier alpha value is -3.75. The van der Waals surface area contributed by atoms with Crippen molar-refractivity contribution in [3.05, 3.63) is 91.5 Å². The summed E-state index contributed by atoms with van der Waals surface area (Å²) in [5, 5.41) is 10.5. The summed E-state index contributed by atoms with van der Waals surface area (Å²) in [7, 11) is 0. The molecule has 0 aliphatic carbocycles. The number of ether oxygens (including phenoxy) is 1. The first-order chi connectivity index (χ1) is 20.3. The maximum atomic E-state index is 14.6. The smallest absolute Gasteiger partial charge is 0.249 e. The molecule has 222 valence electrons. The summed E-state index contributed by atoms with van der Waals surface area (Å²) in [6.45, 7) is 12.2. The number of fused-ring (bicyclic) bond motifs is 1. The van der Waals surface area contributed by atoms with E-state index in [-0.39, 0.29) is 43.3 Å². The Morgan fingerprint density at radius 3 is 2.29 bits per heavy atom. The van der Waals surface area contributed by atoms with Crippen LogP contribution in [0, 0.1) is 17.8 Å². The monoisotopic (exact) mass is 571 g/mol. The molecular weight excluding hydrogens is 530 g/mol. The topological polar surface area (TPSA) is 90.4 Å². The molecule has 2 bridgehead atoms. The van der Waals surface area contributed by atoms with Gasteiger partial charge in [0.05, 0.1) is 30.6 Å². The number of aliphatic hydroxyl groups is 1. The van der Waals surface area contributed by atoms with Gasteiger partial charge < -0.3 is 24.5 Å². The second-order valence-electron chi connectivity index (χ2n) is 11.9. The van der Waals surface area contributed by atoms with E-state index in [1.807, 2.05) is 74.5 Å². The molecule has 6 atom stereocenters. The molecule has 3 heterocycles. The fraction of sp³-hybridized carbons (Fsp3) is 0.441. The minimum absolute atomic E-state index is 0.126. The third-order valence-electron chi connectivity index (χ3n) is 9.09. The van der Waals surface area contributed by atoms with Crippen LogP contribution in [0.25, 0.3) is 0 Å². The lowest BCUT2D eigenvalue weighted by Crippen LogP contribution is -2.59. The molecule has 0 aromatic heterocycles. The van der Waals surface area contributed by atoms with Gasteiger partial charge in [-0.15, -0.1) is 13.2 Å². The van der Waals surface area contributed by atoms with Crippen LogP contribution in [0.15, 0.2) is 86.0 Å². The van der Waals surface area contributed by atoms with E-state index in [1.54, 1.807) is 26.9 Å². The molecular formula is C34H41N3O5. The zero-order chi connectivity index (χ0) is 30.0. The molecule has 3 fully saturated rings. The molecule has 8 heteroatoms. The number of aliphatic hydroxyl groups excluding tert-OH is 1. The fourth-order valence-corrected chi connectivity index (χ4v) is 7.23. The van der Waals surface area contributed by atoms with Crippen molar-refractivity contribution in [1.82, 2.24) is 9.80 Å². The molecule has 3 aliphatic heterocycles. The Bertz CT molecular complexity index is 1310. The van der Waals surface area contributed by atoms with Crippen LogP contribution in [0.5, 0.6) is 0 Å². The molecule has 2 unspecified atom stereocenters. The van der Waals surface area contributed by atoms with E-state index in [1.165, 1.54) is 0 Å². The third-order valence-corrected chi connectivity index (χ3v) is 9.09. The Balaban J connectivity index is 1.57. The van der Waals surface area contributed by atoms with Gasteiger partial charge in [0.1, 0.15) is 11.6 Å². The standard InChI is InChI=1S/C34H41N3O5/c1-5-19-35(21-24-13-9-7-10-14-24)33(41)30-34-18-17-27(42-34)28(29(34)32(40)37(30)26(22-38)23(3)4)31(39)36(20-6-2)25-15-11-8-12-16-25/h5-16,23,26-30,38H,1-2,17-22H2,3-4H3/t26-,27+,28-,29-,30?,34?/m0/s1. The van der Waals surface area contributed by atoms with Crippen molar-refractivity contribution in [2.75, 3.05) is 24.6 Å². The lowest BCUT2D eigenvalue weighted by atomic mass is 9.70. The molecule has 3 aliphatic rings. The lowest BCUT2D eigenvalue weighted by molar-refractivity contribution is -0.152. The van der Waals surface area contributed by atoms with Gasteiger partial charge in [0, 0.05) is 25.3 Å². The maximum absolute atomic E-state index is 14.6. The number of anilines is 1. The van der Waals surface area contributed by atoms with Crippen molar-refractivity contribution in [1.29, 1.82) is 0 Å². The Labute approximate surface area is 248 Å². The number of likely N-dealkylation sites (tertiary alicyclic amines) is 1. The fourth-order valence-electron chi connectivity index (χ4n) is 7.23. The number of para-hydroxylation sites is 1. The van der Waals surface area contributed by atoms with Crippen molar-refractivity contribution in [3.63, 3.8) is 0 Å². The van der Waals surface area contributed by atoms with Crippen LogP contribution in [-0.4, -0.2) is 76.1 Å². The largest absolute Gasteiger partial charge is 0.394 e. The van der Waals surface area contributed by atoms with Gasteiger partial charge in [-0.1, -0.05) is 74.5 Å². The quantitative estimate of drug-likeness (QED) is 0.392. The summed E-state index contributed by atoms with van der Waals surface area (Å²) in [6.07, 6.45) is 3.92. The molecule has 5 rings (SSSR count). The van der Waals surface area contributed by atoms with Crippen LogP contribution in [0.1, 0.15) is 32.3 Å². The third kappa shape index (κ3) is 4.96. The summed E-state index contributed by atoms with van der Waals surface area (Å²) >= 11 is 0. The van der Waals surface area contributed by atoms with Gasteiger partial charge in [0.25, 0.3) is 0 Å². The summed E-state index contributed by atoms with van der Waals surface area (Å²) in [6, 6.07) is 17.4. The summed E-state index contributed by atoms with van der Waals surface area (Å²) in [5.41, 5.74) is 0.506. The predicted molar refractivity (Wildman–Crippen MR) is 161 cm³/mol. The number of hydrogen-bond acceptors (Lipinski definition) is 5. The minimum atomic E-state index is -1.16. The number of rotatable bonds is 12. The van der Waals surface area contributed by atoms with Gasteiger partial charge in [-0.25, -0.2) is 0 Å². The molecule has 0 saturated carbocycles. The van der Waals surface area contributed by atoms with E-state index in [4.69, 9.17) is 4.74 Å². The highest BCUT2D eigenvalue weighted by Crippen LogP contribution is 2.59. The van der Waals surface area contributed by atoms with Crippen LogP contribution >= 0.6 is 0 Å². The molecule has 0 radical (unpaired) electrons. The number of nitrogens with zero attached hydrogens (tertiary/aromatic N) is 3. The lowest BCUT2D eigenvalue weighted by Gasteiger charge is -2.40. The van der Waals surface area contributed by atoms with Gasteiger partial charge in [0.15, 0.2) is 0 Å². The van der Waals surface area contributed by atoms with E-state index >= 15 is 0 Å². The first-order valence-corrected chi connectivity index (χ1v) is 14.8. The molecule has 3 amide bonds. The predicted octanol–water partition coefficient (Wildman–Crippen LogP) is 3.81. The van der Waals surface area contributed by atoms with Gasteiger partial charge >= 0.3 is 0 Å². The van der Waals surface area contributed by atoms with Crippen LogP contribution in [0.4, 0.5) is 5.69 Å². The molecule has 1 N–H and O–H groups in total. The summed E-state index contributed by atoms with van der Waals surface area (Å²) in [4.78, 5) is 48.3. The minimum Gasteiger partial charge on any atom is -0.394 e. The molecule has 2 aromatic carbocycles. The van der Waals surface area contributed by atoms with E-state index in [0.717, 1.165) is 5.56 Å². The van der Waals surface area contributed by atoms with Gasteiger partial charge in [-0.3, -0.25) is 14.4 Å². The number of hydrogen-bond donors (Lipinski definition) is 1. The number of amides is 3. The van der Waals surface area contributed by atoms with Crippen molar-refractivity contribution in [2.24, 2.45) is 17.8 Å². The van der Waals surface area contributed by atoms with Crippen molar-refractivity contribution in [3.8, 4) is 0 Å². The van der Waals surface area contributed by atoms with Gasteiger partial charge in [0.2, 0.25) is 17.7 Å². The van der Waals surface area contributed by atoms with Gasteiger partial charge in [-0.2, -0.15) is 0 Å². The Morgan fingerprint density at radius 2 is 1.69 bits per heavy atom. The van der Waals surface area contributed by atoms with Gasteiger partial charge in [-0.05, 0) is 36.5 Å². The summed E-state index contributed by atoms with van der Waals surface area (Å²) in [5.74, 6) is -2.47. The highest BCUT2D eigenvalue weighted by molar-refractivity contribution is 6.03. The first-order valence-electron chi connectivity index (χ1n) is 14.8. The number of benzene rings is 2. The van der Waals surface area contributed by atoms with E-state index in [0.29, 0.717) is 25.1 Å². The average molecular weight is 572 g/mol. The van der Waals surface area contributed by atoms with Crippen LogP contribution < -0.4 is 4.90 Å². The molecule has 42 heavy (non-hydrogen) atoms. The zero-order valence-corrected chi connectivity index (χ0v) is 24.5. The van der Waals surface area contributed by atoms with Crippen molar-refractivity contribution in [2.45, 2.75) is 57.0 Å². The SMILES string of the molecule is C=CCN(Cc1ccccc1)C(=O)C1N([C@@H](CO)C(C)C)C(=O)[C@@H]2[C@@H](C(=O)N(CC=C)c3ccccc3)[C@H]3CCC12O3. The highest BCUT2D eigenvalue weighted by atomic mass is 16.5. The normalized spacial score (nSPS) is 26.7. The maximum Gasteiger partial charge on any atom is 0.249 e. The van der Waals surface area contributed by atoms with Crippen molar-refractivity contribution < 1.29 is 24.2 Å². The average Bonchev–Trinajstić information content (AvgIpc) is 3.64. The second-order valence-corrected chi connectivity index (χ2v) is 11.9.